The van der Waals surface area contributed by atoms with Crippen LogP contribution in [0.15, 0.2) is 40.7 Å². The van der Waals surface area contributed by atoms with E-state index in [1.165, 1.54) is 13.0 Å². The van der Waals surface area contributed by atoms with Crippen LogP contribution in [0.4, 0.5) is 5.95 Å². The quantitative estimate of drug-likeness (QED) is 0.430. The molecule has 3 rings (SSSR count). The molecule has 0 unspecified atom stereocenters. The van der Waals surface area contributed by atoms with Crippen LogP contribution in [0.25, 0.3) is 21.5 Å². The highest BCUT2D eigenvalue weighted by atomic mass is 32.1. The Bertz CT molecular complexity index is 915. The standard InChI is InChI=1S/C18H21N5S.C5H13N/c1-23(2)10-3-9-20-12-13-4-6-14(7-5-13)16-15-8-11-24-17(15)22-18(19)21-16;1-4-5-6(2)3/h4-8,11-12H,3,9-10H2,1-2H3,(H2,19,21,22);4-5H2,1-3H3. The van der Waals surface area contributed by atoms with E-state index in [2.05, 4.69) is 84.1 Å². The Morgan fingerprint density at radius 2 is 1.70 bits per heavy atom. The third kappa shape index (κ3) is 7.82. The monoisotopic (exact) mass is 426 g/mol. The van der Waals surface area contributed by atoms with Crippen molar-refractivity contribution in [2.75, 3.05) is 53.6 Å². The van der Waals surface area contributed by atoms with Crippen LogP contribution in [0.2, 0.25) is 0 Å². The summed E-state index contributed by atoms with van der Waals surface area (Å²) < 4.78 is 0. The summed E-state index contributed by atoms with van der Waals surface area (Å²) in [6.45, 7) is 5.29. The van der Waals surface area contributed by atoms with E-state index in [1.807, 2.05) is 17.7 Å². The maximum atomic E-state index is 5.83. The summed E-state index contributed by atoms with van der Waals surface area (Å²) in [6.07, 6.45) is 4.25. The van der Waals surface area contributed by atoms with Crippen LogP contribution in [-0.4, -0.2) is 73.8 Å². The smallest absolute Gasteiger partial charge is 0.221 e. The molecule has 0 aliphatic carbocycles. The number of nitrogen functional groups attached to an aromatic ring is 1. The van der Waals surface area contributed by atoms with Gasteiger partial charge in [-0.2, -0.15) is 0 Å². The average Bonchev–Trinajstić information content (AvgIpc) is 3.16. The van der Waals surface area contributed by atoms with Gasteiger partial charge in [0.25, 0.3) is 0 Å². The van der Waals surface area contributed by atoms with Gasteiger partial charge in [0, 0.05) is 23.7 Å². The molecule has 0 fully saturated rings. The molecule has 2 aromatic heterocycles. The van der Waals surface area contributed by atoms with E-state index in [-0.39, 0.29) is 0 Å². The minimum atomic E-state index is 0.312. The zero-order valence-electron chi connectivity index (χ0n) is 18.8. The van der Waals surface area contributed by atoms with E-state index in [0.29, 0.717) is 5.95 Å². The van der Waals surface area contributed by atoms with Crippen LogP contribution in [-0.2, 0) is 0 Å². The van der Waals surface area contributed by atoms with Crippen molar-refractivity contribution in [3.8, 4) is 11.3 Å². The van der Waals surface area contributed by atoms with Crippen molar-refractivity contribution in [2.45, 2.75) is 19.8 Å². The summed E-state index contributed by atoms with van der Waals surface area (Å²) in [5.41, 5.74) is 8.84. The summed E-state index contributed by atoms with van der Waals surface area (Å²) in [4.78, 5) is 18.4. The highest BCUT2D eigenvalue weighted by Gasteiger charge is 2.09. The second-order valence-corrected chi connectivity index (χ2v) is 8.58. The number of nitrogens with zero attached hydrogens (tertiary/aromatic N) is 5. The van der Waals surface area contributed by atoms with Gasteiger partial charge >= 0.3 is 0 Å². The molecular formula is C23H34N6S. The first kappa shape index (κ1) is 23.9. The van der Waals surface area contributed by atoms with Gasteiger partial charge in [0.2, 0.25) is 5.95 Å². The van der Waals surface area contributed by atoms with Crippen LogP contribution < -0.4 is 5.73 Å². The Balaban J connectivity index is 0.000000469. The third-order valence-corrected chi connectivity index (χ3v) is 5.14. The fourth-order valence-corrected chi connectivity index (χ4v) is 3.69. The van der Waals surface area contributed by atoms with Crippen LogP contribution in [0.3, 0.4) is 0 Å². The van der Waals surface area contributed by atoms with E-state index in [0.717, 1.165) is 46.5 Å². The predicted octanol–water partition coefficient (Wildman–Crippen LogP) is 4.27. The molecule has 0 aliphatic heterocycles. The molecule has 2 N–H and O–H groups in total. The molecule has 0 amide bonds. The molecule has 2 heterocycles. The normalized spacial score (nSPS) is 11.4. The molecule has 0 aliphatic rings. The SMILES string of the molecule is CCCN(C)C.CN(C)CCCN=Cc1ccc(-c2nc(N)nc3sccc23)cc1. The summed E-state index contributed by atoms with van der Waals surface area (Å²) in [6, 6.07) is 10.3. The maximum Gasteiger partial charge on any atom is 0.221 e. The van der Waals surface area contributed by atoms with Gasteiger partial charge in [0.1, 0.15) is 4.83 Å². The molecule has 0 bridgehead atoms. The number of nitrogens with two attached hydrogens (primary N) is 1. The molecule has 0 saturated carbocycles. The molecule has 0 radical (unpaired) electrons. The predicted molar refractivity (Wildman–Crippen MR) is 132 cm³/mol. The molecular weight excluding hydrogens is 392 g/mol. The summed E-state index contributed by atoms with van der Waals surface area (Å²) in [5.74, 6) is 0.312. The lowest BCUT2D eigenvalue weighted by molar-refractivity contribution is 0.403. The first-order chi connectivity index (χ1) is 14.4. The second kappa shape index (κ2) is 12.4. The van der Waals surface area contributed by atoms with Crippen LogP contribution in [0, 0.1) is 0 Å². The van der Waals surface area contributed by atoms with E-state index in [1.54, 1.807) is 11.3 Å². The fourth-order valence-electron chi connectivity index (χ4n) is 2.91. The largest absolute Gasteiger partial charge is 0.368 e. The fraction of sp³-hybridized carbons (Fsp3) is 0.435. The number of rotatable bonds is 8. The van der Waals surface area contributed by atoms with E-state index < -0.39 is 0 Å². The summed E-state index contributed by atoms with van der Waals surface area (Å²) in [7, 11) is 8.33. The number of aliphatic imine (C=N–C) groups is 1. The number of aromatic nitrogens is 2. The van der Waals surface area contributed by atoms with Crippen molar-refractivity contribution in [1.82, 2.24) is 19.8 Å². The molecule has 30 heavy (non-hydrogen) atoms. The topological polar surface area (TPSA) is 70.6 Å². The van der Waals surface area contributed by atoms with Gasteiger partial charge in [-0.1, -0.05) is 31.2 Å². The molecule has 7 heteroatoms. The van der Waals surface area contributed by atoms with Crippen molar-refractivity contribution in [2.24, 2.45) is 4.99 Å². The van der Waals surface area contributed by atoms with Crippen LogP contribution in [0.5, 0.6) is 0 Å². The molecule has 0 saturated heterocycles. The zero-order chi connectivity index (χ0) is 21.9. The van der Waals surface area contributed by atoms with Gasteiger partial charge in [0.15, 0.2) is 0 Å². The molecule has 162 valence electrons. The first-order valence-corrected chi connectivity index (χ1v) is 11.2. The second-order valence-electron chi connectivity index (χ2n) is 7.69. The Morgan fingerprint density at radius 1 is 1.00 bits per heavy atom. The third-order valence-electron chi connectivity index (χ3n) is 4.33. The lowest BCUT2D eigenvalue weighted by Gasteiger charge is -2.06. The highest BCUT2D eigenvalue weighted by Crippen LogP contribution is 2.29. The average molecular weight is 427 g/mol. The van der Waals surface area contributed by atoms with Gasteiger partial charge in [-0.05, 0) is 71.1 Å². The Morgan fingerprint density at radius 3 is 2.30 bits per heavy atom. The van der Waals surface area contributed by atoms with Crippen LogP contribution in [0.1, 0.15) is 25.3 Å². The molecule has 1 aromatic carbocycles. The zero-order valence-corrected chi connectivity index (χ0v) is 19.6. The van der Waals surface area contributed by atoms with Gasteiger partial charge in [-0.25, -0.2) is 9.97 Å². The van der Waals surface area contributed by atoms with Crippen molar-refractivity contribution in [3.63, 3.8) is 0 Å². The number of thiophene rings is 1. The Hall–Kier alpha value is -2.35. The molecule has 3 aromatic rings. The molecule has 6 nitrogen and oxygen atoms in total. The Kier molecular flexibility index (Phi) is 9.86. The minimum Gasteiger partial charge on any atom is -0.368 e. The van der Waals surface area contributed by atoms with Gasteiger partial charge < -0.3 is 15.5 Å². The van der Waals surface area contributed by atoms with E-state index in [4.69, 9.17) is 5.73 Å². The summed E-state index contributed by atoms with van der Waals surface area (Å²) in [5, 5.41) is 3.05. The first-order valence-electron chi connectivity index (χ1n) is 10.3. The lowest BCUT2D eigenvalue weighted by atomic mass is 10.1. The van der Waals surface area contributed by atoms with Gasteiger partial charge in [-0.15, -0.1) is 11.3 Å². The van der Waals surface area contributed by atoms with E-state index in [9.17, 15) is 0 Å². The number of fused-ring (bicyclic) bond motifs is 1. The molecule has 0 spiro atoms. The van der Waals surface area contributed by atoms with Gasteiger partial charge in [0.05, 0.1) is 5.69 Å². The lowest BCUT2D eigenvalue weighted by Crippen LogP contribution is -2.13. The van der Waals surface area contributed by atoms with Gasteiger partial charge in [-0.3, -0.25) is 4.99 Å². The van der Waals surface area contributed by atoms with E-state index >= 15 is 0 Å². The highest BCUT2D eigenvalue weighted by molar-refractivity contribution is 7.16. The molecule has 0 atom stereocenters. The van der Waals surface area contributed by atoms with Crippen LogP contribution >= 0.6 is 11.3 Å². The minimum absolute atomic E-state index is 0.312. The van der Waals surface area contributed by atoms with Crippen molar-refractivity contribution in [1.29, 1.82) is 0 Å². The van der Waals surface area contributed by atoms with Crippen molar-refractivity contribution < 1.29 is 0 Å². The van der Waals surface area contributed by atoms with Crippen molar-refractivity contribution in [3.05, 3.63) is 41.3 Å². The number of hydrogen-bond acceptors (Lipinski definition) is 7. The van der Waals surface area contributed by atoms with Crippen molar-refractivity contribution >= 4 is 33.7 Å². The maximum absolute atomic E-state index is 5.83. The number of benzene rings is 1. The number of hydrogen-bond donors (Lipinski definition) is 1. The number of anilines is 1. The Labute approximate surface area is 184 Å². The summed E-state index contributed by atoms with van der Waals surface area (Å²) >= 11 is 1.58.